The first-order valence-corrected chi connectivity index (χ1v) is 10.1. The SMILES string of the molecule is Cc1ccc(NS(=O)(=O)c2ccc(N=Cc3cccs3)cc2)c(C)c1. The van der Waals surface area contributed by atoms with Crippen LogP contribution in [0.5, 0.6) is 0 Å². The molecule has 1 aromatic heterocycles. The largest absolute Gasteiger partial charge is 0.279 e. The number of sulfonamides is 1. The van der Waals surface area contributed by atoms with Crippen LogP contribution in [-0.2, 0) is 10.0 Å². The van der Waals surface area contributed by atoms with Crippen molar-refractivity contribution in [1.29, 1.82) is 0 Å². The molecule has 0 saturated heterocycles. The Labute approximate surface area is 151 Å². The van der Waals surface area contributed by atoms with Crippen molar-refractivity contribution in [3.63, 3.8) is 0 Å². The number of nitrogens with zero attached hydrogens (tertiary/aromatic N) is 1. The summed E-state index contributed by atoms with van der Waals surface area (Å²) in [6.07, 6.45) is 1.77. The number of anilines is 1. The predicted molar refractivity (Wildman–Crippen MR) is 105 cm³/mol. The molecule has 0 aliphatic rings. The summed E-state index contributed by atoms with van der Waals surface area (Å²) in [4.78, 5) is 5.61. The van der Waals surface area contributed by atoms with Crippen LogP contribution in [0.2, 0.25) is 0 Å². The number of aliphatic imine (C=N–C) groups is 1. The lowest BCUT2D eigenvalue weighted by Crippen LogP contribution is -2.13. The fraction of sp³-hybridized carbons (Fsp3) is 0.105. The summed E-state index contributed by atoms with van der Waals surface area (Å²) >= 11 is 1.60. The molecule has 128 valence electrons. The number of aryl methyl sites for hydroxylation is 2. The van der Waals surface area contributed by atoms with Crippen LogP contribution in [0, 0.1) is 13.8 Å². The van der Waals surface area contributed by atoms with E-state index < -0.39 is 10.0 Å². The Morgan fingerprint density at radius 2 is 1.80 bits per heavy atom. The summed E-state index contributed by atoms with van der Waals surface area (Å²) < 4.78 is 27.7. The van der Waals surface area contributed by atoms with Gasteiger partial charge in [-0.15, -0.1) is 11.3 Å². The zero-order chi connectivity index (χ0) is 17.9. The quantitative estimate of drug-likeness (QED) is 0.648. The van der Waals surface area contributed by atoms with Crippen LogP contribution < -0.4 is 4.72 Å². The highest BCUT2D eigenvalue weighted by Gasteiger charge is 2.15. The lowest BCUT2D eigenvalue weighted by atomic mass is 10.1. The fourth-order valence-corrected chi connectivity index (χ4v) is 4.06. The van der Waals surface area contributed by atoms with E-state index in [1.165, 1.54) is 0 Å². The molecular weight excluding hydrogens is 352 g/mol. The molecule has 25 heavy (non-hydrogen) atoms. The van der Waals surface area contributed by atoms with Crippen molar-refractivity contribution in [3.8, 4) is 0 Å². The molecule has 1 N–H and O–H groups in total. The van der Waals surface area contributed by atoms with Crippen LogP contribution in [-0.4, -0.2) is 14.6 Å². The van der Waals surface area contributed by atoms with Crippen LogP contribution in [0.15, 0.2) is 69.9 Å². The van der Waals surface area contributed by atoms with Crippen molar-refractivity contribution in [2.45, 2.75) is 18.7 Å². The van der Waals surface area contributed by atoms with Crippen LogP contribution in [0.1, 0.15) is 16.0 Å². The maximum absolute atomic E-state index is 12.5. The van der Waals surface area contributed by atoms with Crippen molar-refractivity contribution >= 4 is 38.9 Å². The summed E-state index contributed by atoms with van der Waals surface area (Å²) in [5.74, 6) is 0. The molecule has 0 aliphatic carbocycles. The highest BCUT2D eigenvalue weighted by Crippen LogP contribution is 2.22. The minimum Gasteiger partial charge on any atom is -0.279 e. The normalized spacial score (nSPS) is 11.8. The van der Waals surface area contributed by atoms with E-state index in [0.29, 0.717) is 11.4 Å². The third-order valence-electron chi connectivity index (χ3n) is 3.66. The van der Waals surface area contributed by atoms with Gasteiger partial charge in [0.05, 0.1) is 16.3 Å². The van der Waals surface area contributed by atoms with Gasteiger partial charge in [-0.2, -0.15) is 0 Å². The Morgan fingerprint density at radius 1 is 1.04 bits per heavy atom. The summed E-state index contributed by atoms with van der Waals surface area (Å²) in [5.41, 5.74) is 3.28. The van der Waals surface area contributed by atoms with Gasteiger partial charge in [0.2, 0.25) is 0 Å². The summed E-state index contributed by atoms with van der Waals surface area (Å²) in [6.45, 7) is 3.86. The maximum Gasteiger partial charge on any atom is 0.261 e. The molecule has 4 nitrogen and oxygen atoms in total. The van der Waals surface area contributed by atoms with Crippen LogP contribution in [0.4, 0.5) is 11.4 Å². The topological polar surface area (TPSA) is 58.5 Å². The molecule has 6 heteroatoms. The number of rotatable bonds is 5. The van der Waals surface area contributed by atoms with Crippen molar-refractivity contribution in [2.75, 3.05) is 4.72 Å². The van der Waals surface area contributed by atoms with Crippen LogP contribution >= 0.6 is 11.3 Å². The monoisotopic (exact) mass is 370 g/mol. The minimum absolute atomic E-state index is 0.211. The van der Waals surface area contributed by atoms with E-state index in [1.54, 1.807) is 47.9 Å². The van der Waals surface area contributed by atoms with Gasteiger partial charge in [-0.3, -0.25) is 9.71 Å². The summed E-state index contributed by atoms with van der Waals surface area (Å²) in [5, 5.41) is 1.98. The molecule has 3 aromatic rings. The Bertz CT molecular complexity index is 990. The molecule has 2 aromatic carbocycles. The van der Waals surface area contributed by atoms with Gasteiger partial charge in [-0.25, -0.2) is 8.42 Å². The number of hydrogen-bond donors (Lipinski definition) is 1. The average molecular weight is 370 g/mol. The third kappa shape index (κ3) is 4.35. The Morgan fingerprint density at radius 3 is 2.44 bits per heavy atom. The van der Waals surface area contributed by atoms with Crippen molar-refractivity contribution < 1.29 is 8.42 Å². The van der Waals surface area contributed by atoms with E-state index in [9.17, 15) is 8.42 Å². The van der Waals surface area contributed by atoms with Gasteiger partial charge in [0.15, 0.2) is 0 Å². The second kappa shape index (κ2) is 7.21. The van der Waals surface area contributed by atoms with Gasteiger partial charge in [0.25, 0.3) is 10.0 Å². The van der Waals surface area contributed by atoms with Crippen LogP contribution in [0.3, 0.4) is 0 Å². The Kier molecular flexibility index (Phi) is 5.01. The molecule has 0 radical (unpaired) electrons. The average Bonchev–Trinajstić information content (AvgIpc) is 3.09. The third-order valence-corrected chi connectivity index (χ3v) is 5.85. The highest BCUT2D eigenvalue weighted by molar-refractivity contribution is 7.92. The van der Waals surface area contributed by atoms with Crippen molar-refractivity contribution in [1.82, 2.24) is 0 Å². The lowest BCUT2D eigenvalue weighted by Gasteiger charge is -2.11. The molecule has 0 amide bonds. The van der Waals surface area contributed by atoms with E-state index in [2.05, 4.69) is 9.71 Å². The number of benzene rings is 2. The smallest absolute Gasteiger partial charge is 0.261 e. The number of hydrogen-bond acceptors (Lipinski definition) is 4. The van der Waals surface area contributed by atoms with E-state index in [-0.39, 0.29) is 4.90 Å². The molecular formula is C19H18N2O2S2. The molecule has 3 rings (SSSR count). The number of thiophene rings is 1. The second-order valence-corrected chi connectivity index (χ2v) is 8.35. The molecule has 0 saturated carbocycles. The second-order valence-electron chi connectivity index (χ2n) is 5.69. The molecule has 0 unspecified atom stereocenters. The molecule has 1 heterocycles. The summed E-state index contributed by atoms with van der Waals surface area (Å²) in [7, 11) is -3.62. The summed E-state index contributed by atoms with van der Waals surface area (Å²) in [6, 6.07) is 16.1. The van der Waals surface area contributed by atoms with Gasteiger partial charge in [0.1, 0.15) is 0 Å². The van der Waals surface area contributed by atoms with Gasteiger partial charge in [0, 0.05) is 11.1 Å². The predicted octanol–water partition coefficient (Wildman–Crippen LogP) is 4.92. The first-order valence-electron chi connectivity index (χ1n) is 7.72. The first-order chi connectivity index (χ1) is 11.9. The molecule has 0 aliphatic heterocycles. The van der Waals surface area contributed by atoms with Crippen LogP contribution in [0.25, 0.3) is 0 Å². The molecule has 0 fully saturated rings. The number of nitrogens with one attached hydrogen (secondary N) is 1. The van der Waals surface area contributed by atoms with Crippen molar-refractivity contribution in [2.24, 2.45) is 4.99 Å². The maximum atomic E-state index is 12.5. The Hall–Kier alpha value is -2.44. The fourth-order valence-electron chi connectivity index (χ4n) is 2.35. The van der Waals surface area contributed by atoms with Gasteiger partial charge < -0.3 is 0 Å². The van der Waals surface area contributed by atoms with E-state index >= 15 is 0 Å². The standard InChI is InChI=1S/C19H18N2O2S2/c1-14-5-10-19(15(2)12-14)21-25(22,23)18-8-6-16(7-9-18)20-13-17-4-3-11-24-17/h3-13,21H,1-2H3. The van der Waals surface area contributed by atoms with Gasteiger partial charge >= 0.3 is 0 Å². The zero-order valence-corrected chi connectivity index (χ0v) is 15.6. The van der Waals surface area contributed by atoms with Gasteiger partial charge in [-0.05, 0) is 61.2 Å². The zero-order valence-electron chi connectivity index (χ0n) is 13.9. The minimum atomic E-state index is -3.62. The van der Waals surface area contributed by atoms with E-state index in [0.717, 1.165) is 16.0 Å². The van der Waals surface area contributed by atoms with E-state index in [4.69, 9.17) is 0 Å². The highest BCUT2D eigenvalue weighted by atomic mass is 32.2. The lowest BCUT2D eigenvalue weighted by molar-refractivity contribution is 0.601. The Balaban J connectivity index is 1.78. The van der Waals surface area contributed by atoms with E-state index in [1.807, 2.05) is 43.5 Å². The first kappa shape index (κ1) is 17.4. The molecule has 0 spiro atoms. The van der Waals surface area contributed by atoms with Crippen molar-refractivity contribution in [3.05, 3.63) is 76.0 Å². The molecule has 0 atom stereocenters. The molecule has 0 bridgehead atoms. The van der Waals surface area contributed by atoms with Gasteiger partial charge in [-0.1, -0.05) is 23.8 Å².